The third-order valence-corrected chi connectivity index (χ3v) is 2.78. The van der Waals surface area contributed by atoms with Crippen molar-refractivity contribution in [1.82, 2.24) is 0 Å². The second-order valence-electron chi connectivity index (χ2n) is 1.95. The van der Waals surface area contributed by atoms with Crippen molar-refractivity contribution in [3.63, 3.8) is 0 Å². The van der Waals surface area contributed by atoms with Crippen molar-refractivity contribution in [2.45, 2.75) is 0 Å². The maximum atomic E-state index is 10.4. The number of hydrogen-bond acceptors (Lipinski definition) is 2. The minimum Gasteiger partial charge on any atom is -0.258 e. The quantitative estimate of drug-likeness (QED) is 0.444. The van der Waals surface area contributed by atoms with Gasteiger partial charge in [0.1, 0.15) is 10.0 Å². The van der Waals surface area contributed by atoms with Gasteiger partial charge in [-0.05, 0) is 28.1 Å². The summed E-state index contributed by atoms with van der Waals surface area (Å²) in [5.74, 6) is 0. The number of rotatable bonds is 1. The first kappa shape index (κ1) is 9.77. The first-order valence-electron chi connectivity index (χ1n) is 2.82. The molecular formula is C6H2BrCl2NO2. The van der Waals surface area contributed by atoms with Crippen LogP contribution in [0.3, 0.4) is 0 Å². The molecule has 0 unspecified atom stereocenters. The molecule has 0 fully saturated rings. The Balaban J connectivity index is 3.43. The lowest BCUT2D eigenvalue weighted by molar-refractivity contribution is -0.384. The van der Waals surface area contributed by atoms with Crippen LogP contribution in [0, 0.1) is 10.1 Å². The molecule has 0 bridgehead atoms. The molecule has 0 spiro atoms. The highest BCUT2D eigenvalue weighted by Crippen LogP contribution is 2.37. The SMILES string of the molecule is O=[N+]([O-])c1c(Cl)ccc(Br)c1Cl. The highest BCUT2D eigenvalue weighted by molar-refractivity contribution is 9.10. The Morgan fingerprint density at radius 3 is 2.42 bits per heavy atom. The molecule has 1 aromatic rings. The van der Waals surface area contributed by atoms with E-state index < -0.39 is 4.92 Å². The highest BCUT2D eigenvalue weighted by Gasteiger charge is 2.19. The summed E-state index contributed by atoms with van der Waals surface area (Å²) in [6.07, 6.45) is 0. The molecule has 0 heterocycles. The fraction of sp³-hybridized carbons (Fsp3) is 0. The van der Waals surface area contributed by atoms with Gasteiger partial charge in [-0.1, -0.05) is 23.2 Å². The van der Waals surface area contributed by atoms with Crippen molar-refractivity contribution in [3.8, 4) is 0 Å². The molecule has 0 atom stereocenters. The lowest BCUT2D eigenvalue weighted by atomic mass is 10.3. The van der Waals surface area contributed by atoms with Crippen LogP contribution in [0.1, 0.15) is 0 Å². The van der Waals surface area contributed by atoms with Gasteiger partial charge in [-0.3, -0.25) is 10.1 Å². The third-order valence-electron chi connectivity index (χ3n) is 1.20. The van der Waals surface area contributed by atoms with Gasteiger partial charge in [-0.2, -0.15) is 0 Å². The van der Waals surface area contributed by atoms with Crippen LogP contribution in [0.15, 0.2) is 16.6 Å². The third kappa shape index (κ3) is 1.71. The second-order valence-corrected chi connectivity index (χ2v) is 3.59. The zero-order valence-corrected chi connectivity index (χ0v) is 8.65. The monoisotopic (exact) mass is 269 g/mol. The molecule has 64 valence electrons. The summed E-state index contributed by atoms with van der Waals surface area (Å²) < 4.78 is 0.459. The summed E-state index contributed by atoms with van der Waals surface area (Å²) in [6, 6.07) is 2.97. The van der Waals surface area contributed by atoms with E-state index in [9.17, 15) is 10.1 Å². The average Bonchev–Trinajstić information content (AvgIpc) is 1.97. The van der Waals surface area contributed by atoms with Gasteiger partial charge in [0.25, 0.3) is 0 Å². The first-order valence-corrected chi connectivity index (χ1v) is 4.37. The van der Waals surface area contributed by atoms with E-state index in [0.717, 1.165) is 0 Å². The Labute approximate surface area is 86.6 Å². The van der Waals surface area contributed by atoms with Crippen LogP contribution in [-0.4, -0.2) is 4.92 Å². The van der Waals surface area contributed by atoms with Crippen molar-refractivity contribution in [2.24, 2.45) is 0 Å². The fourth-order valence-electron chi connectivity index (χ4n) is 0.684. The molecule has 1 aromatic carbocycles. The van der Waals surface area contributed by atoms with Crippen molar-refractivity contribution in [2.75, 3.05) is 0 Å². The van der Waals surface area contributed by atoms with Crippen LogP contribution in [0.4, 0.5) is 5.69 Å². The molecule has 1 rings (SSSR count). The molecule has 0 N–H and O–H groups in total. The summed E-state index contributed by atoms with van der Waals surface area (Å²) in [5, 5.41) is 10.5. The Morgan fingerprint density at radius 2 is 2.00 bits per heavy atom. The van der Waals surface area contributed by atoms with Gasteiger partial charge in [0.15, 0.2) is 0 Å². The van der Waals surface area contributed by atoms with Crippen molar-refractivity contribution < 1.29 is 4.92 Å². The van der Waals surface area contributed by atoms with Gasteiger partial charge in [0, 0.05) is 4.47 Å². The maximum Gasteiger partial charge on any atom is 0.307 e. The molecule has 6 heteroatoms. The summed E-state index contributed by atoms with van der Waals surface area (Å²) in [4.78, 5) is 9.80. The Hall–Kier alpha value is -0.320. The molecule has 0 aliphatic carbocycles. The average molecular weight is 271 g/mol. The van der Waals surface area contributed by atoms with Gasteiger partial charge >= 0.3 is 5.69 Å². The molecular weight excluding hydrogens is 269 g/mol. The molecule has 0 saturated heterocycles. The standard InChI is InChI=1S/C6H2BrCl2NO2/c7-3-1-2-4(8)6(5(3)9)10(11)12/h1-2H. The van der Waals surface area contributed by atoms with Crippen LogP contribution in [0.25, 0.3) is 0 Å². The Kier molecular flexibility index (Phi) is 2.93. The first-order chi connectivity index (χ1) is 5.54. The second kappa shape index (κ2) is 3.60. The number of nitro groups is 1. The van der Waals surface area contributed by atoms with E-state index >= 15 is 0 Å². The summed E-state index contributed by atoms with van der Waals surface area (Å²) in [7, 11) is 0. The summed E-state index contributed by atoms with van der Waals surface area (Å²) in [6.45, 7) is 0. The van der Waals surface area contributed by atoms with E-state index in [4.69, 9.17) is 23.2 Å². The van der Waals surface area contributed by atoms with Crippen LogP contribution in [0.5, 0.6) is 0 Å². The molecule has 0 aliphatic rings. The largest absolute Gasteiger partial charge is 0.307 e. The van der Waals surface area contributed by atoms with E-state index in [0.29, 0.717) is 4.47 Å². The van der Waals surface area contributed by atoms with E-state index in [-0.39, 0.29) is 15.7 Å². The van der Waals surface area contributed by atoms with Crippen molar-refractivity contribution in [1.29, 1.82) is 0 Å². The summed E-state index contributed by atoms with van der Waals surface area (Å²) in [5.41, 5.74) is -0.271. The lowest BCUT2D eigenvalue weighted by Crippen LogP contribution is -1.90. The normalized spacial score (nSPS) is 9.92. The topological polar surface area (TPSA) is 43.1 Å². The van der Waals surface area contributed by atoms with Crippen LogP contribution in [0.2, 0.25) is 10.0 Å². The highest BCUT2D eigenvalue weighted by atomic mass is 79.9. The van der Waals surface area contributed by atoms with Crippen molar-refractivity contribution >= 4 is 44.8 Å². The fourth-order valence-corrected chi connectivity index (χ4v) is 1.51. The van der Waals surface area contributed by atoms with E-state index in [2.05, 4.69) is 15.9 Å². The van der Waals surface area contributed by atoms with Crippen molar-refractivity contribution in [3.05, 3.63) is 36.8 Å². The van der Waals surface area contributed by atoms with E-state index in [1.807, 2.05) is 0 Å². The van der Waals surface area contributed by atoms with Gasteiger partial charge in [-0.15, -0.1) is 0 Å². The predicted octanol–water partition coefficient (Wildman–Crippen LogP) is 3.66. The number of benzene rings is 1. The van der Waals surface area contributed by atoms with E-state index in [1.54, 1.807) is 6.07 Å². The minimum absolute atomic E-state index is 0.0208. The molecule has 0 amide bonds. The molecule has 12 heavy (non-hydrogen) atoms. The maximum absolute atomic E-state index is 10.4. The number of halogens is 3. The van der Waals surface area contributed by atoms with Crippen LogP contribution < -0.4 is 0 Å². The summed E-state index contributed by atoms with van der Waals surface area (Å²) >= 11 is 14.2. The minimum atomic E-state index is -0.616. The predicted molar refractivity (Wildman–Crippen MR) is 50.8 cm³/mol. The van der Waals surface area contributed by atoms with Crippen LogP contribution >= 0.6 is 39.1 Å². The van der Waals surface area contributed by atoms with E-state index in [1.165, 1.54) is 6.07 Å². The molecule has 0 saturated carbocycles. The Bertz CT molecular complexity index is 343. The van der Waals surface area contributed by atoms with Gasteiger partial charge < -0.3 is 0 Å². The van der Waals surface area contributed by atoms with Gasteiger partial charge in [0.2, 0.25) is 0 Å². The molecule has 0 aliphatic heterocycles. The number of nitro benzene ring substituents is 1. The number of nitrogens with zero attached hydrogens (tertiary/aromatic N) is 1. The zero-order chi connectivity index (χ0) is 9.30. The lowest BCUT2D eigenvalue weighted by Gasteiger charge is -1.98. The Morgan fingerprint density at radius 1 is 1.42 bits per heavy atom. The molecule has 3 nitrogen and oxygen atoms in total. The number of hydrogen-bond donors (Lipinski definition) is 0. The van der Waals surface area contributed by atoms with Gasteiger partial charge in [-0.25, -0.2) is 0 Å². The molecule has 0 aromatic heterocycles. The van der Waals surface area contributed by atoms with Crippen LogP contribution in [-0.2, 0) is 0 Å². The van der Waals surface area contributed by atoms with Gasteiger partial charge in [0.05, 0.1) is 4.92 Å². The zero-order valence-electron chi connectivity index (χ0n) is 5.55. The molecule has 0 radical (unpaired) electrons. The smallest absolute Gasteiger partial charge is 0.258 e.